The van der Waals surface area contributed by atoms with Crippen molar-refractivity contribution in [2.75, 3.05) is 0 Å². The third-order valence-corrected chi connectivity index (χ3v) is 7.03. The van der Waals surface area contributed by atoms with Gasteiger partial charge in [0.25, 0.3) is 0 Å². The molecule has 0 saturated heterocycles. The Morgan fingerprint density at radius 3 is 1.32 bits per heavy atom. The molecule has 3 aromatic rings. The maximum Gasteiger partial charge on any atom is 0 e. The average molecular weight is 598 g/mol. The smallest absolute Gasteiger partial charge is 0 e. The molecular formula is C28H22IrOP. The third kappa shape index (κ3) is 6.98. The summed E-state index contributed by atoms with van der Waals surface area (Å²) >= 11 is 0. The Balaban J connectivity index is 0.000000239. The molecule has 3 heteroatoms. The number of hydrogen-bond acceptors (Lipinski definition) is 0. The largest absolute Gasteiger partial charge is 0.0622 e. The van der Waals surface area contributed by atoms with E-state index in [1.54, 1.807) is 0 Å². The van der Waals surface area contributed by atoms with Gasteiger partial charge in [-0.25, -0.2) is 0 Å². The summed E-state index contributed by atoms with van der Waals surface area (Å²) in [6, 6.07) is 32.3. The van der Waals surface area contributed by atoms with Crippen LogP contribution in [-0.4, -0.2) is 0 Å². The minimum absolute atomic E-state index is 0. The molecule has 31 heavy (non-hydrogen) atoms. The van der Waals surface area contributed by atoms with E-state index < -0.39 is 7.92 Å². The fourth-order valence-corrected chi connectivity index (χ4v) is 5.55. The molecule has 0 atom stereocenters. The first-order valence-electron chi connectivity index (χ1n) is 9.68. The Bertz CT molecular complexity index is 957. The predicted molar refractivity (Wildman–Crippen MR) is 128 cm³/mol. The van der Waals surface area contributed by atoms with Crippen LogP contribution in [-0.2, 0) is 24.8 Å². The molecule has 3 aromatic carbocycles. The normalized spacial score (nSPS) is 13.1. The Labute approximate surface area is 199 Å². The van der Waals surface area contributed by atoms with Gasteiger partial charge in [-0.05, 0) is 29.4 Å². The van der Waals surface area contributed by atoms with E-state index in [0.29, 0.717) is 0 Å². The molecule has 0 N–H and O–H groups in total. The summed E-state index contributed by atoms with van der Waals surface area (Å²) in [7, 11) is -0.446. The van der Waals surface area contributed by atoms with Crippen LogP contribution in [0, 0.1) is 12.6 Å². The number of hydrogen-bond donors (Lipinski definition) is 0. The van der Waals surface area contributed by atoms with E-state index in [1.165, 1.54) is 27.4 Å². The maximum absolute atomic E-state index is 7.50. The Kier molecular flexibility index (Phi) is 10.9. The van der Waals surface area contributed by atoms with Crippen molar-refractivity contribution < 1.29 is 24.8 Å². The van der Waals surface area contributed by atoms with Gasteiger partial charge in [0.15, 0.2) is 0 Å². The fourth-order valence-electron chi connectivity index (χ4n) is 3.25. The van der Waals surface area contributed by atoms with Crippen molar-refractivity contribution in [1.82, 2.24) is 0 Å². The van der Waals surface area contributed by atoms with Crippen LogP contribution >= 0.6 is 7.92 Å². The van der Waals surface area contributed by atoms with E-state index in [0.717, 1.165) is 0 Å². The van der Waals surface area contributed by atoms with Gasteiger partial charge in [0.1, 0.15) is 0 Å². The summed E-state index contributed by atoms with van der Waals surface area (Å²) in [5.74, 6) is 1.33. The maximum atomic E-state index is 7.50. The summed E-state index contributed by atoms with van der Waals surface area (Å²) in [5, 5.41) is 4.19. The number of benzene rings is 3. The van der Waals surface area contributed by atoms with Crippen LogP contribution in [0.5, 0.6) is 0 Å². The molecule has 0 aliphatic heterocycles. The van der Waals surface area contributed by atoms with Crippen LogP contribution in [0.3, 0.4) is 0 Å². The average Bonchev–Trinajstić information content (AvgIpc) is 3.32. The molecular weight excluding hydrogens is 575 g/mol. The Morgan fingerprint density at radius 2 is 0.903 bits per heavy atom. The third-order valence-electron chi connectivity index (χ3n) is 4.59. The number of allylic oxidation sites excluding steroid dienone is 8. The molecule has 5 rings (SSSR count). The number of rotatable bonds is 3. The van der Waals surface area contributed by atoms with Crippen LogP contribution in [0.1, 0.15) is 0 Å². The molecule has 0 bridgehead atoms. The first kappa shape index (κ1) is 24.7. The van der Waals surface area contributed by atoms with Crippen molar-refractivity contribution in [3.8, 4) is 0 Å². The topological polar surface area (TPSA) is 19.9 Å². The van der Waals surface area contributed by atoms with Crippen molar-refractivity contribution in [1.29, 1.82) is 0 Å². The van der Waals surface area contributed by atoms with Gasteiger partial charge in [0.2, 0.25) is 0 Å². The Hall–Kier alpha value is -2.56. The standard InChI is InChI=1S/C18H15P.C9H7.CO.Ir/c1-4-10-16(11-5-1)19(17-12-6-2-7-13-17)18-14-8-3-9-15-18;1-2-5-9-7-3-6-8(9)4-1;1-2;/h1-15H;1-7H;;. The van der Waals surface area contributed by atoms with Gasteiger partial charge >= 0.3 is 11.3 Å². The van der Waals surface area contributed by atoms with Gasteiger partial charge in [-0.1, -0.05) is 134 Å². The van der Waals surface area contributed by atoms with Crippen LogP contribution in [0.2, 0.25) is 0 Å². The van der Waals surface area contributed by atoms with Gasteiger partial charge in [0.05, 0.1) is 0 Å². The van der Waals surface area contributed by atoms with E-state index in [2.05, 4.69) is 140 Å². The second-order valence-corrected chi connectivity index (χ2v) is 8.72. The van der Waals surface area contributed by atoms with Gasteiger partial charge in [-0.15, -0.1) is 0 Å². The molecule has 2 radical (unpaired) electrons. The van der Waals surface area contributed by atoms with Crippen LogP contribution in [0.25, 0.3) is 0 Å². The van der Waals surface area contributed by atoms with Crippen LogP contribution in [0.4, 0.5) is 0 Å². The zero-order chi connectivity index (χ0) is 21.0. The zero-order valence-electron chi connectivity index (χ0n) is 16.9. The van der Waals surface area contributed by atoms with Crippen molar-refractivity contribution in [2.24, 2.45) is 0 Å². The summed E-state index contributed by atoms with van der Waals surface area (Å²) in [6.07, 6.45) is 14.7. The molecule has 1 nitrogen and oxygen atoms in total. The summed E-state index contributed by atoms with van der Waals surface area (Å²) in [5.41, 5.74) is 1.33. The van der Waals surface area contributed by atoms with Gasteiger partial charge in [-0.3, -0.25) is 0 Å². The molecule has 154 valence electrons. The van der Waals surface area contributed by atoms with Crippen molar-refractivity contribution in [3.05, 3.63) is 152 Å². The van der Waals surface area contributed by atoms with Crippen LogP contribution < -0.4 is 15.9 Å². The molecule has 0 aromatic heterocycles. The number of fused-ring (bicyclic) bond motifs is 1. The molecule has 2 aliphatic carbocycles. The summed E-state index contributed by atoms with van der Waals surface area (Å²) in [6.45, 7) is 4.50. The van der Waals surface area contributed by atoms with Crippen molar-refractivity contribution in [2.45, 2.75) is 0 Å². The van der Waals surface area contributed by atoms with Crippen molar-refractivity contribution in [3.63, 3.8) is 0 Å². The minimum Gasteiger partial charge on any atom is -0.0622 e. The molecule has 0 heterocycles. The molecule has 0 spiro atoms. The fraction of sp³-hybridized carbons (Fsp3) is 0. The van der Waals surface area contributed by atoms with E-state index in [1.807, 2.05) is 0 Å². The first-order chi connectivity index (χ1) is 14.9. The molecule has 0 amide bonds. The van der Waals surface area contributed by atoms with Gasteiger partial charge in [-0.2, -0.15) is 0 Å². The van der Waals surface area contributed by atoms with Crippen LogP contribution in [0.15, 0.2) is 139 Å². The van der Waals surface area contributed by atoms with Crippen molar-refractivity contribution >= 4 is 23.8 Å². The van der Waals surface area contributed by atoms with Gasteiger partial charge < -0.3 is 0 Å². The SMILES string of the molecule is C1=C[C]2C=CC=C2C=C1.[C-]#[O+].[Ir].c1ccc(P(c2ccccc2)c2ccccc2)cc1. The molecule has 0 saturated carbocycles. The monoisotopic (exact) mass is 598 g/mol. The zero-order valence-corrected chi connectivity index (χ0v) is 20.2. The second-order valence-electron chi connectivity index (χ2n) is 6.50. The minimum atomic E-state index is -0.446. The van der Waals surface area contributed by atoms with Gasteiger partial charge in [0, 0.05) is 26.0 Å². The van der Waals surface area contributed by atoms with E-state index >= 15 is 0 Å². The molecule has 0 fully saturated rings. The molecule has 2 aliphatic rings. The predicted octanol–water partition coefficient (Wildman–Crippen LogP) is 5.59. The van der Waals surface area contributed by atoms with E-state index in [9.17, 15) is 0 Å². The molecule has 0 unspecified atom stereocenters. The summed E-state index contributed by atoms with van der Waals surface area (Å²) in [4.78, 5) is 0. The quantitative estimate of drug-likeness (QED) is 0.213. The Morgan fingerprint density at radius 1 is 0.516 bits per heavy atom. The first-order valence-corrected chi connectivity index (χ1v) is 11.0. The summed E-state index contributed by atoms with van der Waals surface area (Å²) < 4.78 is 7.50. The van der Waals surface area contributed by atoms with E-state index in [-0.39, 0.29) is 20.1 Å². The van der Waals surface area contributed by atoms with E-state index in [4.69, 9.17) is 4.65 Å². The second kappa shape index (κ2) is 13.7.